The highest BCUT2D eigenvalue weighted by molar-refractivity contribution is 5.69. The van der Waals surface area contributed by atoms with Gasteiger partial charge in [0.05, 0.1) is 0 Å². The molecule has 0 amide bonds. The number of rotatable bonds is 8. The quantitative estimate of drug-likeness (QED) is 0.164. The van der Waals surface area contributed by atoms with Crippen LogP contribution in [0.4, 0.5) is 0 Å². The summed E-state index contributed by atoms with van der Waals surface area (Å²) in [6, 6.07) is 26.4. The van der Waals surface area contributed by atoms with Gasteiger partial charge in [-0.1, -0.05) is 27.7 Å². The molecule has 8 aromatic rings. The third-order valence-electron chi connectivity index (χ3n) is 16.5. The van der Waals surface area contributed by atoms with Gasteiger partial charge in [0, 0.05) is 117 Å². The maximum absolute atomic E-state index is 6.99. The molecule has 1 aliphatic carbocycles. The number of ether oxygens (including phenoxy) is 8. The van der Waals surface area contributed by atoms with Gasteiger partial charge in [0.15, 0.2) is 75.8 Å². The summed E-state index contributed by atoms with van der Waals surface area (Å²) in [5, 5.41) is 0. The highest BCUT2D eigenvalue weighted by atomic mass is 79.9. The standard InChI is InChI=1S/C64H64N4O8.4BrH/c1-37-9-17-65(18-10-37)29-53-57-45-25-46-42(6)48-27-50-44(8)52-28-51-43(7)49-26-47(41(45)5)59(71-33-69-57)54(30-66-19-11-38(2)12-20-66)61(49)73-35-75-63(51)56(32-68-23-15-40(4)16-24-68)64(52)76-36-74-62(50)55(60(48)72-34-70-58(46)53)31-67-21-13-39(3)14-22-67;;;;/h9-28,41-44H,29-36H2,1-8H3;4*1H/q+4;;;;/p-4. The van der Waals surface area contributed by atoms with Crippen LogP contribution in [0.15, 0.2) is 122 Å². The summed E-state index contributed by atoms with van der Waals surface area (Å²) in [5.74, 6) is 5.09. The average Bonchev–Trinajstić information content (AvgIpc) is 3.41. The number of aryl methyl sites for hydroxylation is 4. The number of halogens is 4. The van der Waals surface area contributed by atoms with E-state index in [1.54, 1.807) is 0 Å². The van der Waals surface area contributed by atoms with Crippen molar-refractivity contribution < 1.29 is 124 Å². The third-order valence-corrected chi connectivity index (χ3v) is 16.5. The van der Waals surface area contributed by atoms with Crippen molar-refractivity contribution >= 4 is 0 Å². The largest absolute Gasteiger partial charge is 1.00 e. The Hall–Kier alpha value is -6.20. The predicted molar refractivity (Wildman–Crippen MR) is 282 cm³/mol. The summed E-state index contributed by atoms with van der Waals surface area (Å²) >= 11 is 0. The summed E-state index contributed by atoms with van der Waals surface area (Å²) in [5.41, 5.74) is 16.8. The maximum Gasteiger partial charge on any atom is 0.230 e. The van der Waals surface area contributed by atoms with E-state index in [0.29, 0.717) is 26.2 Å². The van der Waals surface area contributed by atoms with Gasteiger partial charge in [-0.2, -0.15) is 0 Å². The Bertz CT molecular complexity index is 3020. The van der Waals surface area contributed by atoms with Crippen LogP contribution in [0.5, 0.6) is 46.0 Å². The predicted octanol–water partition coefficient (Wildman–Crippen LogP) is -1.89. The van der Waals surface area contributed by atoms with Crippen LogP contribution in [-0.4, -0.2) is 27.2 Å². The molecule has 0 spiro atoms. The van der Waals surface area contributed by atoms with Crippen LogP contribution in [0, 0.1) is 27.7 Å². The highest BCUT2D eigenvalue weighted by Gasteiger charge is 2.41. The summed E-state index contributed by atoms with van der Waals surface area (Å²) in [4.78, 5) is 0. The summed E-state index contributed by atoms with van der Waals surface area (Å²) in [6.07, 6.45) is 17.0. The molecular weight excluding hydrogens is 1270 g/mol. The number of aromatic nitrogens is 4. The molecule has 13 rings (SSSR count). The molecule has 16 heteroatoms. The fourth-order valence-corrected chi connectivity index (χ4v) is 12.1. The van der Waals surface area contributed by atoms with E-state index in [-0.39, 0.29) is 119 Å². The van der Waals surface area contributed by atoms with E-state index in [4.69, 9.17) is 37.9 Å². The van der Waals surface area contributed by atoms with Crippen molar-refractivity contribution in [3.05, 3.63) is 211 Å². The van der Waals surface area contributed by atoms with E-state index in [0.717, 1.165) is 113 Å². The van der Waals surface area contributed by atoms with Crippen molar-refractivity contribution in [3.8, 4) is 46.0 Å². The van der Waals surface area contributed by atoms with Crippen LogP contribution in [-0.2, 0) is 26.2 Å². The van der Waals surface area contributed by atoms with Crippen LogP contribution in [0.1, 0.15) is 140 Å². The van der Waals surface area contributed by atoms with Gasteiger partial charge in [-0.25, -0.2) is 18.3 Å². The molecule has 4 aromatic carbocycles. The first kappa shape index (κ1) is 58.5. The lowest BCUT2D eigenvalue weighted by Crippen LogP contribution is -3.00. The first-order valence-corrected chi connectivity index (χ1v) is 26.6. The van der Waals surface area contributed by atoms with Crippen LogP contribution in [0.3, 0.4) is 0 Å². The van der Waals surface area contributed by atoms with Crippen molar-refractivity contribution in [2.45, 2.75) is 105 Å². The molecule has 8 bridgehead atoms. The molecule has 0 radical (unpaired) electrons. The molecule has 0 unspecified atom stereocenters. The van der Waals surface area contributed by atoms with E-state index in [2.05, 4.69) is 196 Å². The fraction of sp³-hybridized carbons (Fsp3) is 0.312. The molecule has 4 aliphatic heterocycles. The molecule has 8 heterocycles. The van der Waals surface area contributed by atoms with Crippen molar-refractivity contribution in [1.82, 2.24) is 0 Å². The Balaban J connectivity index is 0.00000194. The first-order valence-electron chi connectivity index (χ1n) is 26.6. The van der Waals surface area contributed by atoms with Crippen molar-refractivity contribution in [1.29, 1.82) is 0 Å². The Morgan fingerprint density at radius 2 is 0.438 bits per heavy atom. The van der Waals surface area contributed by atoms with Crippen LogP contribution < -0.4 is 124 Å². The Morgan fingerprint density at radius 1 is 0.287 bits per heavy atom. The Kier molecular flexibility index (Phi) is 17.3. The number of hydrogen-bond acceptors (Lipinski definition) is 8. The van der Waals surface area contributed by atoms with Gasteiger partial charge in [-0.05, 0) is 74.2 Å². The second kappa shape index (κ2) is 23.7. The summed E-state index contributed by atoms with van der Waals surface area (Å²) in [6.45, 7) is 19.4. The average molecular weight is 1340 g/mol. The zero-order valence-corrected chi connectivity index (χ0v) is 52.4. The van der Waals surface area contributed by atoms with Gasteiger partial charge in [-0.15, -0.1) is 0 Å². The van der Waals surface area contributed by atoms with Gasteiger partial charge < -0.3 is 106 Å². The Morgan fingerprint density at radius 3 is 0.588 bits per heavy atom. The molecule has 416 valence electrons. The molecule has 12 nitrogen and oxygen atoms in total. The minimum Gasteiger partial charge on any atom is -1.00 e. The first-order chi connectivity index (χ1) is 36.9. The minimum absolute atomic E-state index is 0. The third kappa shape index (κ3) is 10.4. The monoisotopic (exact) mass is 1330 g/mol. The molecule has 0 N–H and O–H groups in total. The van der Waals surface area contributed by atoms with Gasteiger partial charge in [0.1, 0.15) is 68.2 Å². The SMILES string of the molecule is Cc1cc[n+](Cc2c3c4cc5c2OCOc2c(cc6c(c2C[n+]2ccc(C)cc2)OCOc2c(cc7c(c2C[n+]2ccc(C)cc2)OCOc2c(cc(c(c2C[n+]2ccc(C)cc2)OCO3)C4C)C7C)C6C)C5C)cc1.[Br-].[Br-].[Br-].[Br-]. The lowest BCUT2D eigenvalue weighted by atomic mass is 9.78. The number of nitrogens with zero attached hydrogens (tertiary/aromatic N) is 4. The topological polar surface area (TPSA) is 89.4 Å². The van der Waals surface area contributed by atoms with Crippen molar-refractivity contribution in [2.75, 3.05) is 27.2 Å². The van der Waals surface area contributed by atoms with Gasteiger partial charge >= 0.3 is 0 Å². The van der Waals surface area contributed by atoms with Gasteiger partial charge in [-0.3, -0.25) is 0 Å². The van der Waals surface area contributed by atoms with Crippen LogP contribution >= 0.6 is 0 Å². The molecule has 5 aliphatic rings. The van der Waals surface area contributed by atoms with Gasteiger partial charge in [0.25, 0.3) is 0 Å². The molecule has 0 atom stereocenters. The summed E-state index contributed by atoms with van der Waals surface area (Å²) < 4.78 is 64.7. The normalized spacial score (nSPS) is 17.4. The van der Waals surface area contributed by atoms with Crippen molar-refractivity contribution in [2.24, 2.45) is 0 Å². The molecule has 0 saturated heterocycles. The zero-order valence-electron chi connectivity index (χ0n) is 46.1. The lowest BCUT2D eigenvalue weighted by Gasteiger charge is -2.35. The molecule has 0 fully saturated rings. The summed E-state index contributed by atoms with van der Waals surface area (Å²) in [7, 11) is 0. The fourth-order valence-electron chi connectivity index (χ4n) is 12.1. The number of benzene rings is 4. The molecule has 4 aromatic heterocycles. The smallest absolute Gasteiger partial charge is 0.230 e. The highest BCUT2D eigenvalue weighted by Crippen LogP contribution is 2.56. The Labute approximate surface area is 510 Å². The van der Waals surface area contributed by atoms with Crippen LogP contribution in [0.2, 0.25) is 0 Å². The van der Waals surface area contributed by atoms with E-state index in [1.165, 1.54) is 22.3 Å². The minimum atomic E-state index is -0.218. The van der Waals surface area contributed by atoms with E-state index in [9.17, 15) is 0 Å². The van der Waals surface area contributed by atoms with Crippen molar-refractivity contribution in [3.63, 3.8) is 0 Å². The van der Waals surface area contributed by atoms with Crippen LogP contribution in [0.25, 0.3) is 0 Å². The van der Waals surface area contributed by atoms with E-state index in [1.807, 2.05) is 0 Å². The molecule has 80 heavy (non-hydrogen) atoms. The molecule has 0 saturated carbocycles. The van der Waals surface area contributed by atoms with E-state index < -0.39 is 0 Å². The lowest BCUT2D eigenvalue weighted by molar-refractivity contribution is -0.688. The number of pyridine rings is 4. The number of hydrogen-bond donors (Lipinski definition) is 0. The second-order valence-corrected chi connectivity index (χ2v) is 21.5. The van der Waals surface area contributed by atoms with Gasteiger partial charge in [0.2, 0.25) is 27.2 Å². The zero-order chi connectivity index (χ0) is 51.9. The molecular formula is C64H64Br4N4O8. The second-order valence-electron chi connectivity index (χ2n) is 21.5. The van der Waals surface area contributed by atoms with E-state index >= 15 is 0 Å². The maximum atomic E-state index is 6.99.